The van der Waals surface area contributed by atoms with Crippen molar-refractivity contribution in [2.24, 2.45) is 10.9 Å². The molecule has 31 heavy (non-hydrogen) atoms. The summed E-state index contributed by atoms with van der Waals surface area (Å²) in [5, 5.41) is 11.3. The molecular weight excluding hydrogens is 376 g/mol. The van der Waals surface area contributed by atoms with Crippen LogP contribution in [0.25, 0.3) is 22.9 Å². The first kappa shape index (κ1) is 21.1. The van der Waals surface area contributed by atoms with Crippen molar-refractivity contribution in [2.45, 2.75) is 46.0 Å². The molecule has 1 aliphatic rings. The van der Waals surface area contributed by atoms with Gasteiger partial charge in [0.2, 0.25) is 0 Å². The summed E-state index contributed by atoms with van der Waals surface area (Å²) in [7, 11) is 0. The van der Waals surface area contributed by atoms with Crippen molar-refractivity contribution >= 4 is 28.6 Å². The van der Waals surface area contributed by atoms with E-state index in [4.69, 9.17) is 10.3 Å². The predicted molar refractivity (Wildman–Crippen MR) is 133 cm³/mol. The quantitative estimate of drug-likeness (QED) is 0.407. The zero-order valence-electron chi connectivity index (χ0n) is 18.9. The molecule has 0 radical (unpaired) electrons. The van der Waals surface area contributed by atoms with Crippen molar-refractivity contribution in [1.82, 2.24) is 0 Å². The Labute approximate surface area is 186 Å². The first-order valence-electron chi connectivity index (χ1n) is 11.3. The fraction of sp³-hybridized carbons (Fsp3) is 0.310. The summed E-state index contributed by atoms with van der Waals surface area (Å²) in [6.45, 7) is 9.95. The van der Waals surface area contributed by atoms with Crippen LogP contribution in [0.15, 0.2) is 59.6 Å². The molecule has 0 saturated carbocycles. The van der Waals surface area contributed by atoms with Crippen molar-refractivity contribution in [1.29, 1.82) is 5.26 Å². The molecular formula is C29H30N2. The number of rotatable bonds is 5. The maximum atomic E-state index is 9.10. The van der Waals surface area contributed by atoms with Gasteiger partial charge in [-0.05, 0) is 70.0 Å². The Morgan fingerprint density at radius 1 is 0.935 bits per heavy atom. The van der Waals surface area contributed by atoms with Crippen LogP contribution in [0.3, 0.4) is 0 Å². The lowest BCUT2D eigenvalue weighted by Gasteiger charge is -2.37. The summed E-state index contributed by atoms with van der Waals surface area (Å²) < 4.78 is 0. The van der Waals surface area contributed by atoms with Gasteiger partial charge in [0.05, 0.1) is 11.6 Å². The molecule has 0 fully saturated rings. The highest BCUT2D eigenvalue weighted by Gasteiger charge is 2.35. The Morgan fingerprint density at radius 3 is 2.26 bits per heavy atom. The minimum absolute atomic E-state index is 0.138. The molecule has 4 rings (SSSR count). The molecule has 1 heterocycles. The summed E-state index contributed by atoms with van der Waals surface area (Å²) in [6, 6.07) is 21.3. The average Bonchev–Trinajstić information content (AvgIpc) is 2.81. The van der Waals surface area contributed by atoms with E-state index in [1.165, 1.54) is 22.4 Å². The molecule has 0 unspecified atom stereocenters. The number of hydrogen-bond acceptors (Lipinski definition) is 2. The molecule has 2 nitrogen and oxygen atoms in total. The van der Waals surface area contributed by atoms with Crippen LogP contribution in [0.4, 0.5) is 0 Å². The third kappa shape index (κ3) is 3.93. The minimum Gasteiger partial charge on any atom is -0.288 e. The largest absolute Gasteiger partial charge is 0.288 e. The number of hydrogen-bond donors (Lipinski definition) is 0. The predicted octanol–water partition coefficient (Wildman–Crippen LogP) is 7.40. The highest BCUT2D eigenvalue weighted by molar-refractivity contribution is 6.04. The number of fused-ring (bicyclic) bond motifs is 2. The van der Waals surface area contributed by atoms with Crippen molar-refractivity contribution in [2.75, 3.05) is 6.54 Å². The molecule has 0 bridgehead atoms. The highest BCUT2D eigenvalue weighted by Crippen LogP contribution is 2.39. The van der Waals surface area contributed by atoms with E-state index in [0.717, 1.165) is 35.7 Å². The van der Waals surface area contributed by atoms with Gasteiger partial charge in [0.15, 0.2) is 0 Å². The van der Waals surface area contributed by atoms with Gasteiger partial charge in [-0.15, -0.1) is 0 Å². The maximum Gasteiger partial charge on any atom is 0.0991 e. The van der Waals surface area contributed by atoms with Crippen molar-refractivity contribution in [3.8, 4) is 6.07 Å². The van der Waals surface area contributed by atoms with Crippen LogP contribution in [0, 0.1) is 17.2 Å². The molecule has 0 spiro atoms. The molecule has 156 valence electrons. The van der Waals surface area contributed by atoms with E-state index in [1.807, 2.05) is 18.2 Å². The van der Waals surface area contributed by atoms with E-state index in [9.17, 15) is 0 Å². The fourth-order valence-corrected chi connectivity index (χ4v) is 4.71. The van der Waals surface area contributed by atoms with E-state index >= 15 is 0 Å². The summed E-state index contributed by atoms with van der Waals surface area (Å²) in [4.78, 5) is 5.01. The van der Waals surface area contributed by atoms with Crippen LogP contribution in [-0.4, -0.2) is 12.3 Å². The van der Waals surface area contributed by atoms with Crippen molar-refractivity contribution < 1.29 is 0 Å². The van der Waals surface area contributed by atoms with Crippen LogP contribution < -0.4 is 0 Å². The second-order valence-corrected chi connectivity index (χ2v) is 8.92. The first-order chi connectivity index (χ1) is 15.0. The second kappa shape index (κ2) is 8.52. The molecule has 3 aromatic carbocycles. The van der Waals surface area contributed by atoms with Crippen LogP contribution >= 0.6 is 0 Å². The number of nitrogens with zero attached hydrogens (tertiary/aromatic N) is 2. The molecule has 2 heteroatoms. The van der Waals surface area contributed by atoms with E-state index in [1.54, 1.807) is 0 Å². The molecule has 0 atom stereocenters. The Kier molecular flexibility index (Phi) is 5.79. The Balaban J connectivity index is 1.70. The summed E-state index contributed by atoms with van der Waals surface area (Å²) >= 11 is 0. The van der Waals surface area contributed by atoms with Gasteiger partial charge in [0, 0.05) is 17.7 Å². The monoisotopic (exact) mass is 406 g/mol. The maximum absolute atomic E-state index is 9.10. The van der Waals surface area contributed by atoms with Crippen LogP contribution in [0.2, 0.25) is 0 Å². The molecule has 0 aliphatic carbocycles. The fourth-order valence-electron chi connectivity index (χ4n) is 4.71. The van der Waals surface area contributed by atoms with Gasteiger partial charge < -0.3 is 0 Å². The van der Waals surface area contributed by atoms with Crippen LogP contribution in [0.5, 0.6) is 0 Å². The number of aliphatic imine (C=N–C) groups is 1. The smallest absolute Gasteiger partial charge is 0.0991 e. The topological polar surface area (TPSA) is 36.1 Å². The number of benzene rings is 3. The Hall–Kier alpha value is -3.18. The molecule has 0 amide bonds. The van der Waals surface area contributed by atoms with Gasteiger partial charge in [0.1, 0.15) is 0 Å². The van der Waals surface area contributed by atoms with E-state index in [0.29, 0.717) is 11.5 Å². The van der Waals surface area contributed by atoms with Crippen LogP contribution in [-0.2, 0) is 5.41 Å². The first-order valence-corrected chi connectivity index (χ1v) is 11.3. The van der Waals surface area contributed by atoms with Gasteiger partial charge in [0.25, 0.3) is 0 Å². The zero-order chi connectivity index (χ0) is 22.0. The van der Waals surface area contributed by atoms with Gasteiger partial charge in [-0.3, -0.25) is 4.99 Å². The highest BCUT2D eigenvalue weighted by atomic mass is 14.8. The minimum atomic E-state index is 0.138. The van der Waals surface area contributed by atoms with Crippen molar-refractivity contribution in [3.05, 3.63) is 82.4 Å². The molecule has 3 aromatic rings. The van der Waals surface area contributed by atoms with Gasteiger partial charge >= 0.3 is 0 Å². The lowest BCUT2D eigenvalue weighted by atomic mass is 9.70. The third-order valence-corrected chi connectivity index (χ3v) is 6.81. The molecule has 0 N–H and O–H groups in total. The second-order valence-electron chi connectivity index (χ2n) is 8.92. The normalized spacial score (nSPS) is 15.2. The molecule has 1 aliphatic heterocycles. The SMILES string of the molecule is CCC1(CC)CN=C(C(C)C)c2ccc(/C=C/c3ccc4cc(C#N)ccc4c3)cc21. The van der Waals surface area contributed by atoms with Gasteiger partial charge in [-0.25, -0.2) is 0 Å². The lowest BCUT2D eigenvalue weighted by molar-refractivity contribution is 0.401. The molecule has 0 saturated heterocycles. The zero-order valence-corrected chi connectivity index (χ0v) is 18.9. The third-order valence-electron chi connectivity index (χ3n) is 6.81. The summed E-state index contributed by atoms with van der Waals surface area (Å²) in [6.07, 6.45) is 6.60. The van der Waals surface area contributed by atoms with E-state index < -0.39 is 0 Å². The Morgan fingerprint density at radius 2 is 1.58 bits per heavy atom. The lowest BCUT2D eigenvalue weighted by Crippen LogP contribution is -2.35. The standard InChI is InChI=1S/C29H30N2/c1-5-29(6-2)19-31-28(20(3)4)26-14-11-22(17-27(26)29)8-7-21-9-12-25-16-23(18-30)10-13-24(25)15-21/h7-17,20H,5-6,19H2,1-4H3/b8-7+. The van der Waals surface area contributed by atoms with Gasteiger partial charge in [-0.2, -0.15) is 5.26 Å². The van der Waals surface area contributed by atoms with E-state index in [2.05, 4.69) is 82.3 Å². The van der Waals surface area contributed by atoms with Crippen molar-refractivity contribution in [3.63, 3.8) is 0 Å². The van der Waals surface area contributed by atoms with E-state index in [-0.39, 0.29) is 5.41 Å². The van der Waals surface area contributed by atoms with Crippen LogP contribution in [0.1, 0.15) is 68.4 Å². The molecule has 0 aromatic heterocycles. The summed E-state index contributed by atoms with van der Waals surface area (Å²) in [5.41, 5.74) is 7.27. The number of nitriles is 1. The summed E-state index contributed by atoms with van der Waals surface area (Å²) in [5.74, 6) is 0.436. The van der Waals surface area contributed by atoms with Gasteiger partial charge in [-0.1, -0.05) is 76.2 Å². The average molecular weight is 407 g/mol. The Bertz CT molecular complexity index is 1220.